The summed E-state index contributed by atoms with van der Waals surface area (Å²) in [5, 5.41) is 19.6. The number of ether oxygens (including phenoxy) is 1. The Morgan fingerprint density at radius 2 is 1.55 bits per heavy atom. The van der Waals surface area contributed by atoms with Crippen molar-refractivity contribution in [1.82, 2.24) is 4.31 Å². The standard InChI is InChI=1S/C30H29F5N2O6S/c1-2-11-36(44(42)29-27(34)25(32)24(31)26(33)28(29)35)16-23(39)37(20-7-8-21(30(40)41)22(38)14-20)15-17-3-5-18(6-4-17)19-9-12-43-13-10-19/h3-8,14,19,38H,2,9-13,15-16H2,1H3,(H,40,41). The van der Waals surface area contributed by atoms with Gasteiger partial charge in [0.25, 0.3) is 4.90 Å². The van der Waals surface area contributed by atoms with E-state index in [4.69, 9.17) is 4.74 Å². The van der Waals surface area contributed by atoms with Gasteiger partial charge in [-0.3, -0.25) is 4.79 Å². The SMILES string of the molecule is CCCN(CC(=O)N(Cc1ccc(C2CCOCC2)cc1)c1ccc(C(=O)O)c(O)c1)[S+]([O-])c1c(F)c(F)c(F)c(F)c1F. The number of hydrogen-bond donors (Lipinski definition) is 2. The van der Waals surface area contributed by atoms with Gasteiger partial charge in [0.1, 0.15) is 17.9 Å². The number of phenols is 1. The first-order chi connectivity index (χ1) is 20.9. The van der Waals surface area contributed by atoms with Crippen LogP contribution in [0.4, 0.5) is 27.6 Å². The molecule has 4 rings (SSSR count). The number of anilines is 1. The van der Waals surface area contributed by atoms with Crippen LogP contribution in [0, 0.1) is 29.1 Å². The number of benzene rings is 3. The Morgan fingerprint density at radius 3 is 2.09 bits per heavy atom. The maximum Gasteiger partial charge on any atom is 0.339 e. The number of rotatable bonds is 11. The van der Waals surface area contributed by atoms with Gasteiger partial charge in [-0.15, -0.1) is 4.31 Å². The molecule has 0 saturated carbocycles. The molecule has 14 heteroatoms. The maximum absolute atomic E-state index is 14.5. The summed E-state index contributed by atoms with van der Waals surface area (Å²) in [4.78, 5) is 24.7. The molecular formula is C30H29F5N2O6S. The Bertz CT molecular complexity index is 1490. The Hall–Kier alpha value is -3.72. The summed E-state index contributed by atoms with van der Waals surface area (Å²) < 4.78 is 89.8. The zero-order valence-corrected chi connectivity index (χ0v) is 24.3. The highest BCUT2D eigenvalue weighted by atomic mass is 32.2. The highest BCUT2D eigenvalue weighted by molar-refractivity contribution is 7.89. The molecule has 1 aliphatic heterocycles. The van der Waals surface area contributed by atoms with E-state index in [0.717, 1.165) is 39.7 Å². The molecular weight excluding hydrogens is 611 g/mol. The van der Waals surface area contributed by atoms with Gasteiger partial charge in [-0.1, -0.05) is 31.2 Å². The van der Waals surface area contributed by atoms with Crippen molar-refractivity contribution < 1.29 is 51.0 Å². The van der Waals surface area contributed by atoms with Crippen molar-refractivity contribution in [3.8, 4) is 5.75 Å². The average molecular weight is 641 g/mol. The first kappa shape index (κ1) is 33.2. The summed E-state index contributed by atoms with van der Waals surface area (Å²) in [6, 6.07) is 10.8. The summed E-state index contributed by atoms with van der Waals surface area (Å²) in [5.74, 6) is -14.1. The molecule has 236 valence electrons. The number of carboxylic acids is 1. The molecule has 3 aromatic carbocycles. The van der Waals surface area contributed by atoms with Crippen LogP contribution >= 0.6 is 0 Å². The Kier molecular flexibility index (Phi) is 10.8. The van der Waals surface area contributed by atoms with Crippen molar-refractivity contribution in [1.29, 1.82) is 0 Å². The van der Waals surface area contributed by atoms with Crippen molar-refractivity contribution in [3.05, 3.63) is 88.2 Å². The summed E-state index contributed by atoms with van der Waals surface area (Å²) in [5.41, 5.74) is 1.32. The average Bonchev–Trinajstić information content (AvgIpc) is 3.02. The maximum atomic E-state index is 14.5. The third-order valence-corrected chi connectivity index (χ3v) is 8.69. The van der Waals surface area contributed by atoms with E-state index in [1.54, 1.807) is 19.1 Å². The number of carbonyl (C=O) groups is 2. The van der Waals surface area contributed by atoms with Crippen molar-refractivity contribution in [3.63, 3.8) is 0 Å². The topological polar surface area (TPSA) is 113 Å². The van der Waals surface area contributed by atoms with Gasteiger partial charge in [0, 0.05) is 31.5 Å². The predicted octanol–water partition coefficient (Wildman–Crippen LogP) is 5.65. The zero-order valence-electron chi connectivity index (χ0n) is 23.5. The van der Waals surface area contributed by atoms with Crippen LogP contribution in [0.1, 0.15) is 53.6 Å². The normalized spacial score (nSPS) is 14.5. The van der Waals surface area contributed by atoms with Gasteiger partial charge in [-0.25, -0.2) is 18.0 Å². The molecule has 1 amide bonds. The fraction of sp³-hybridized carbons (Fsp3) is 0.333. The fourth-order valence-corrected chi connectivity index (χ4v) is 6.19. The van der Waals surface area contributed by atoms with Crippen LogP contribution in [-0.4, -0.2) is 57.3 Å². The lowest BCUT2D eigenvalue weighted by atomic mass is 9.91. The lowest BCUT2D eigenvalue weighted by Gasteiger charge is -2.28. The van der Waals surface area contributed by atoms with Crippen LogP contribution in [0.5, 0.6) is 5.75 Å². The van der Waals surface area contributed by atoms with Gasteiger partial charge in [0.05, 0.1) is 17.9 Å². The molecule has 0 spiro atoms. The molecule has 1 fully saturated rings. The number of aromatic hydroxyl groups is 1. The predicted molar refractivity (Wildman–Crippen MR) is 150 cm³/mol. The van der Waals surface area contributed by atoms with Crippen LogP contribution in [0.25, 0.3) is 0 Å². The van der Waals surface area contributed by atoms with Gasteiger partial charge < -0.3 is 24.4 Å². The summed E-state index contributed by atoms with van der Waals surface area (Å²) in [6.45, 7) is 1.74. The lowest BCUT2D eigenvalue weighted by molar-refractivity contribution is -0.119. The monoisotopic (exact) mass is 640 g/mol. The molecule has 8 nitrogen and oxygen atoms in total. The van der Waals surface area contributed by atoms with Gasteiger partial charge in [-0.05, 0) is 48.4 Å². The van der Waals surface area contributed by atoms with Crippen molar-refractivity contribution >= 4 is 28.9 Å². The summed E-state index contributed by atoms with van der Waals surface area (Å²) >= 11 is -2.98. The van der Waals surface area contributed by atoms with Crippen LogP contribution in [0.3, 0.4) is 0 Å². The number of halogens is 5. The molecule has 1 heterocycles. The number of carbonyl (C=O) groups excluding carboxylic acids is 1. The minimum absolute atomic E-state index is 0.0458. The molecule has 1 atom stereocenters. The minimum atomic E-state index is -2.98. The van der Waals surface area contributed by atoms with E-state index in [1.807, 2.05) is 12.1 Å². The van der Waals surface area contributed by atoms with Crippen LogP contribution < -0.4 is 4.90 Å². The van der Waals surface area contributed by atoms with E-state index in [1.165, 1.54) is 6.07 Å². The first-order valence-corrected chi connectivity index (χ1v) is 14.8. The molecule has 0 aliphatic carbocycles. The van der Waals surface area contributed by atoms with Gasteiger partial charge in [-0.2, -0.15) is 8.78 Å². The van der Waals surface area contributed by atoms with Crippen LogP contribution in [0.2, 0.25) is 0 Å². The van der Waals surface area contributed by atoms with E-state index < -0.39 is 75.1 Å². The second kappa shape index (κ2) is 14.4. The van der Waals surface area contributed by atoms with E-state index in [-0.39, 0.29) is 25.2 Å². The lowest BCUT2D eigenvalue weighted by Crippen LogP contribution is -2.43. The molecule has 1 aliphatic rings. The molecule has 1 unspecified atom stereocenters. The Morgan fingerprint density at radius 1 is 0.955 bits per heavy atom. The molecule has 44 heavy (non-hydrogen) atoms. The highest BCUT2D eigenvalue weighted by Crippen LogP contribution is 2.31. The quantitative estimate of drug-likeness (QED) is 0.121. The van der Waals surface area contributed by atoms with Crippen molar-refractivity contribution in [2.24, 2.45) is 0 Å². The van der Waals surface area contributed by atoms with E-state index in [0.29, 0.717) is 24.7 Å². The molecule has 0 bridgehead atoms. The van der Waals surface area contributed by atoms with E-state index in [9.17, 15) is 46.3 Å². The summed E-state index contributed by atoms with van der Waals surface area (Å²) in [7, 11) is 0. The third-order valence-electron chi connectivity index (χ3n) is 7.20. The minimum Gasteiger partial charge on any atom is -0.593 e. The smallest absolute Gasteiger partial charge is 0.339 e. The molecule has 0 aromatic heterocycles. The van der Waals surface area contributed by atoms with E-state index in [2.05, 4.69) is 0 Å². The number of amides is 1. The van der Waals surface area contributed by atoms with Crippen LogP contribution in [0.15, 0.2) is 47.4 Å². The van der Waals surface area contributed by atoms with E-state index >= 15 is 0 Å². The second-order valence-corrected chi connectivity index (χ2v) is 11.5. The third kappa shape index (κ3) is 7.15. The second-order valence-electron chi connectivity index (χ2n) is 10.1. The molecule has 0 radical (unpaired) electrons. The van der Waals surface area contributed by atoms with Gasteiger partial charge in [0.15, 0.2) is 0 Å². The molecule has 1 saturated heterocycles. The number of nitrogens with zero attached hydrogens (tertiary/aromatic N) is 2. The molecule has 3 aromatic rings. The number of aromatic carboxylic acids is 1. The largest absolute Gasteiger partial charge is 0.593 e. The Labute approximate surface area is 253 Å². The highest BCUT2D eigenvalue weighted by Gasteiger charge is 2.38. The van der Waals surface area contributed by atoms with Crippen molar-refractivity contribution in [2.75, 3.05) is 31.2 Å². The van der Waals surface area contributed by atoms with Crippen molar-refractivity contribution in [2.45, 2.75) is 43.5 Å². The Balaban J connectivity index is 1.66. The van der Waals surface area contributed by atoms with Gasteiger partial charge in [0.2, 0.25) is 35.0 Å². The fourth-order valence-electron chi connectivity index (χ4n) is 4.87. The first-order valence-electron chi connectivity index (χ1n) is 13.7. The zero-order chi connectivity index (χ0) is 32.1. The molecule has 2 N–H and O–H groups in total. The number of hydrogen-bond acceptors (Lipinski definition) is 6. The number of carboxylic acid groups (broad SMARTS) is 1. The van der Waals surface area contributed by atoms with Crippen LogP contribution in [-0.2, 0) is 27.4 Å². The summed E-state index contributed by atoms with van der Waals surface area (Å²) in [6.07, 6.45) is 1.90. The van der Waals surface area contributed by atoms with Gasteiger partial charge >= 0.3 is 5.97 Å².